The van der Waals surface area contributed by atoms with Crippen molar-refractivity contribution in [3.63, 3.8) is 0 Å². The largest absolute Gasteiger partial charge is 0.493 e. The Bertz CT molecular complexity index is 1640. The average molecular weight is 554 g/mol. The lowest BCUT2D eigenvalue weighted by Crippen LogP contribution is -2.42. The number of benzene rings is 2. The molecule has 2 aromatic carbocycles. The van der Waals surface area contributed by atoms with Crippen molar-refractivity contribution in [3.05, 3.63) is 93.2 Å². The molecule has 1 N–H and O–H groups in total. The molecule has 41 heavy (non-hydrogen) atoms. The third-order valence-corrected chi connectivity index (χ3v) is 7.51. The highest BCUT2D eigenvalue weighted by molar-refractivity contribution is 5.92. The molecule has 0 spiro atoms. The van der Waals surface area contributed by atoms with Gasteiger partial charge in [0.1, 0.15) is 11.5 Å². The molecule has 4 aromatic rings. The number of hydrogen-bond donors (Lipinski definition) is 1. The third kappa shape index (κ3) is 5.39. The van der Waals surface area contributed by atoms with Crippen LogP contribution < -0.4 is 25.4 Å². The molecule has 2 aromatic heterocycles. The van der Waals surface area contributed by atoms with Gasteiger partial charge in [0, 0.05) is 36.6 Å². The fourth-order valence-corrected chi connectivity index (χ4v) is 5.69. The SMILES string of the molecule is COc1cc2c(cc1OC)-c1cc(N(c3c(C)cc(C)cc3C)C(C)CNC(=O)c3ccccn3)nc(=O)n1CC2. The Kier molecular flexibility index (Phi) is 7.79. The monoisotopic (exact) mass is 553 g/mol. The molecule has 1 amide bonds. The summed E-state index contributed by atoms with van der Waals surface area (Å²) in [6, 6.07) is 15.1. The zero-order valence-electron chi connectivity index (χ0n) is 24.3. The molecule has 0 radical (unpaired) electrons. The number of carbonyl (C=O) groups excluding carboxylic acids is 1. The Morgan fingerprint density at radius 3 is 2.41 bits per heavy atom. The van der Waals surface area contributed by atoms with Crippen LogP contribution in [0.1, 0.15) is 39.7 Å². The van der Waals surface area contributed by atoms with Crippen LogP contribution in [0, 0.1) is 20.8 Å². The molecule has 9 heteroatoms. The number of anilines is 2. The van der Waals surface area contributed by atoms with E-state index in [-0.39, 0.29) is 17.6 Å². The number of amides is 1. The molecule has 0 fully saturated rings. The van der Waals surface area contributed by atoms with Crippen molar-refractivity contribution in [2.75, 3.05) is 25.7 Å². The highest BCUT2D eigenvalue weighted by Gasteiger charge is 2.27. The molecule has 0 saturated heterocycles. The van der Waals surface area contributed by atoms with Crippen LogP contribution in [-0.4, -0.2) is 47.2 Å². The normalized spacial score (nSPS) is 12.6. The van der Waals surface area contributed by atoms with E-state index >= 15 is 0 Å². The highest BCUT2D eigenvalue weighted by Crippen LogP contribution is 2.40. The number of hydrogen-bond acceptors (Lipinski definition) is 7. The highest BCUT2D eigenvalue weighted by atomic mass is 16.5. The molecule has 1 aliphatic heterocycles. The standard InChI is InChI=1S/C32H35N5O4/c1-19-13-20(2)30(21(3)14-19)37(22(4)18-34-31(38)25-9-7-8-11-33-25)29-17-26-24-16-28(41-6)27(40-5)15-23(24)10-12-36(26)32(39)35-29/h7-9,11,13-17,22H,10,12,18H2,1-6H3,(H,34,38). The van der Waals surface area contributed by atoms with Gasteiger partial charge in [-0.15, -0.1) is 0 Å². The van der Waals surface area contributed by atoms with Gasteiger partial charge in [-0.05, 0) is 75.1 Å². The summed E-state index contributed by atoms with van der Waals surface area (Å²) in [6.07, 6.45) is 2.27. The van der Waals surface area contributed by atoms with E-state index in [0.29, 0.717) is 42.5 Å². The van der Waals surface area contributed by atoms with Gasteiger partial charge in [0.15, 0.2) is 11.5 Å². The molecule has 1 atom stereocenters. The molecular formula is C32H35N5O4. The summed E-state index contributed by atoms with van der Waals surface area (Å²) in [7, 11) is 3.22. The van der Waals surface area contributed by atoms with E-state index in [1.165, 1.54) is 0 Å². The predicted molar refractivity (Wildman–Crippen MR) is 160 cm³/mol. The van der Waals surface area contributed by atoms with Gasteiger partial charge in [0.05, 0.1) is 26.0 Å². The van der Waals surface area contributed by atoms with Crippen LogP contribution in [-0.2, 0) is 13.0 Å². The van der Waals surface area contributed by atoms with Gasteiger partial charge in [0.25, 0.3) is 5.91 Å². The summed E-state index contributed by atoms with van der Waals surface area (Å²) in [4.78, 5) is 37.1. The second-order valence-corrected chi connectivity index (χ2v) is 10.4. The van der Waals surface area contributed by atoms with Crippen LogP contribution in [0.5, 0.6) is 11.5 Å². The summed E-state index contributed by atoms with van der Waals surface area (Å²) in [5.41, 5.74) is 6.97. The van der Waals surface area contributed by atoms with Gasteiger partial charge in [-0.3, -0.25) is 14.3 Å². The molecule has 1 aliphatic rings. The van der Waals surface area contributed by atoms with Crippen molar-refractivity contribution >= 4 is 17.4 Å². The average Bonchev–Trinajstić information content (AvgIpc) is 2.96. The zero-order chi connectivity index (χ0) is 29.3. The number of nitrogens with one attached hydrogen (secondary N) is 1. The number of aromatic nitrogens is 3. The lowest BCUT2D eigenvalue weighted by Gasteiger charge is -2.34. The second kappa shape index (κ2) is 11.4. The fraction of sp³-hybridized carbons (Fsp3) is 0.312. The number of nitrogens with zero attached hydrogens (tertiary/aromatic N) is 4. The number of aryl methyl sites for hydroxylation is 4. The lowest BCUT2D eigenvalue weighted by atomic mass is 9.96. The first-order valence-corrected chi connectivity index (χ1v) is 13.6. The lowest BCUT2D eigenvalue weighted by molar-refractivity contribution is 0.0947. The van der Waals surface area contributed by atoms with Crippen molar-refractivity contribution in [2.45, 2.75) is 46.7 Å². The van der Waals surface area contributed by atoms with Crippen molar-refractivity contribution < 1.29 is 14.3 Å². The molecule has 1 unspecified atom stereocenters. The summed E-state index contributed by atoms with van der Waals surface area (Å²) in [5.74, 6) is 1.50. The number of ether oxygens (including phenoxy) is 2. The van der Waals surface area contributed by atoms with Crippen molar-refractivity contribution in [1.82, 2.24) is 19.9 Å². The summed E-state index contributed by atoms with van der Waals surface area (Å²) >= 11 is 0. The Balaban J connectivity index is 1.61. The summed E-state index contributed by atoms with van der Waals surface area (Å²) in [5, 5.41) is 3.00. The topological polar surface area (TPSA) is 98.6 Å². The van der Waals surface area contributed by atoms with Crippen LogP contribution in [0.3, 0.4) is 0 Å². The van der Waals surface area contributed by atoms with E-state index in [9.17, 15) is 9.59 Å². The van der Waals surface area contributed by atoms with Gasteiger partial charge in [-0.2, -0.15) is 4.98 Å². The van der Waals surface area contributed by atoms with Crippen molar-refractivity contribution in [3.8, 4) is 22.8 Å². The third-order valence-electron chi connectivity index (χ3n) is 7.51. The molecule has 0 aliphatic carbocycles. The minimum absolute atomic E-state index is 0.244. The maximum absolute atomic E-state index is 13.5. The van der Waals surface area contributed by atoms with E-state index in [4.69, 9.17) is 9.47 Å². The summed E-state index contributed by atoms with van der Waals surface area (Å²) in [6.45, 7) is 9.01. The van der Waals surface area contributed by atoms with Gasteiger partial charge < -0.3 is 19.7 Å². The number of carbonyl (C=O) groups is 1. The Morgan fingerprint density at radius 1 is 1.05 bits per heavy atom. The quantitative estimate of drug-likeness (QED) is 0.336. The zero-order valence-corrected chi connectivity index (χ0v) is 24.3. The van der Waals surface area contributed by atoms with Gasteiger partial charge >= 0.3 is 5.69 Å². The van der Waals surface area contributed by atoms with Gasteiger partial charge in [-0.1, -0.05) is 23.8 Å². The molecule has 5 rings (SSSR count). The molecule has 9 nitrogen and oxygen atoms in total. The number of methoxy groups -OCH3 is 2. The Morgan fingerprint density at radius 2 is 1.76 bits per heavy atom. The van der Waals surface area contributed by atoms with Crippen LogP contribution >= 0.6 is 0 Å². The van der Waals surface area contributed by atoms with E-state index in [1.807, 2.05) is 25.1 Å². The van der Waals surface area contributed by atoms with Crippen LogP contribution in [0.2, 0.25) is 0 Å². The first kappa shape index (κ1) is 27.9. The minimum atomic E-state index is -0.324. The van der Waals surface area contributed by atoms with Crippen LogP contribution in [0.4, 0.5) is 11.5 Å². The van der Waals surface area contributed by atoms with E-state index in [2.05, 4.69) is 53.1 Å². The smallest absolute Gasteiger partial charge is 0.350 e. The summed E-state index contributed by atoms with van der Waals surface area (Å²) < 4.78 is 12.8. The molecule has 212 valence electrons. The van der Waals surface area contributed by atoms with Crippen molar-refractivity contribution in [2.24, 2.45) is 0 Å². The predicted octanol–water partition coefficient (Wildman–Crippen LogP) is 4.76. The Labute approximate surface area is 239 Å². The fourth-order valence-electron chi connectivity index (χ4n) is 5.69. The van der Waals surface area contributed by atoms with Crippen LogP contribution in [0.15, 0.2) is 59.5 Å². The Hall–Kier alpha value is -4.66. The maximum Gasteiger partial charge on any atom is 0.350 e. The van der Waals surface area contributed by atoms with E-state index in [1.54, 1.807) is 43.2 Å². The number of fused-ring (bicyclic) bond motifs is 3. The number of pyridine rings is 1. The minimum Gasteiger partial charge on any atom is -0.493 e. The molecule has 3 heterocycles. The van der Waals surface area contributed by atoms with Gasteiger partial charge in [-0.25, -0.2) is 4.79 Å². The first-order valence-electron chi connectivity index (χ1n) is 13.6. The molecule has 0 saturated carbocycles. The first-order chi connectivity index (χ1) is 19.7. The second-order valence-electron chi connectivity index (χ2n) is 10.4. The van der Waals surface area contributed by atoms with Crippen LogP contribution in [0.25, 0.3) is 11.3 Å². The maximum atomic E-state index is 13.5. The van der Waals surface area contributed by atoms with Crippen molar-refractivity contribution in [1.29, 1.82) is 0 Å². The van der Waals surface area contributed by atoms with Gasteiger partial charge in [0.2, 0.25) is 0 Å². The molecular weight excluding hydrogens is 518 g/mol. The van der Waals surface area contributed by atoms with E-state index < -0.39 is 0 Å². The molecule has 0 bridgehead atoms. The number of rotatable bonds is 8. The van der Waals surface area contributed by atoms with E-state index in [0.717, 1.165) is 39.2 Å².